The lowest BCUT2D eigenvalue weighted by Gasteiger charge is -2.39. The zero-order valence-electron chi connectivity index (χ0n) is 12.7. The molecule has 4 heteroatoms. The van der Waals surface area contributed by atoms with Crippen molar-refractivity contribution in [1.82, 2.24) is 10.3 Å². The molecule has 0 spiro atoms. The Labute approximate surface area is 122 Å². The van der Waals surface area contributed by atoms with Crippen LogP contribution < -0.4 is 10.2 Å². The lowest BCUT2D eigenvalue weighted by Crippen LogP contribution is -2.43. The predicted molar refractivity (Wildman–Crippen MR) is 82.9 cm³/mol. The van der Waals surface area contributed by atoms with E-state index in [1.165, 1.54) is 24.8 Å². The summed E-state index contributed by atoms with van der Waals surface area (Å²) in [4.78, 5) is 6.86. The molecule has 1 aliphatic rings. The minimum Gasteiger partial charge on any atom is -0.395 e. The van der Waals surface area contributed by atoms with Crippen LogP contribution in [0.1, 0.15) is 38.7 Å². The SMILES string of the molecule is CC(C)CNCc1cccnc1N(CCO)C1CCC1. The van der Waals surface area contributed by atoms with Crippen LogP contribution in [0.5, 0.6) is 0 Å². The number of aromatic nitrogens is 1. The van der Waals surface area contributed by atoms with E-state index in [0.717, 1.165) is 18.9 Å². The van der Waals surface area contributed by atoms with Crippen LogP contribution in [0.2, 0.25) is 0 Å². The summed E-state index contributed by atoms with van der Waals surface area (Å²) in [6.45, 7) is 7.14. The molecule has 0 amide bonds. The maximum absolute atomic E-state index is 9.32. The Bertz CT molecular complexity index is 404. The first kappa shape index (κ1) is 15.3. The van der Waals surface area contributed by atoms with Crippen molar-refractivity contribution >= 4 is 5.82 Å². The first-order valence-corrected chi connectivity index (χ1v) is 7.74. The first-order chi connectivity index (χ1) is 9.72. The Kier molecular flexibility index (Phi) is 5.80. The Morgan fingerprint density at radius 1 is 1.45 bits per heavy atom. The molecule has 2 rings (SSSR count). The molecule has 1 aromatic rings. The highest BCUT2D eigenvalue weighted by molar-refractivity contribution is 5.48. The molecule has 0 aliphatic heterocycles. The monoisotopic (exact) mass is 277 g/mol. The van der Waals surface area contributed by atoms with Crippen molar-refractivity contribution in [1.29, 1.82) is 0 Å². The maximum atomic E-state index is 9.32. The molecular weight excluding hydrogens is 250 g/mol. The van der Waals surface area contributed by atoms with Crippen LogP contribution in [-0.4, -0.2) is 35.8 Å². The van der Waals surface area contributed by atoms with E-state index < -0.39 is 0 Å². The van der Waals surface area contributed by atoms with E-state index in [4.69, 9.17) is 0 Å². The number of rotatable bonds is 8. The Balaban J connectivity index is 2.07. The van der Waals surface area contributed by atoms with Crippen LogP contribution in [0.25, 0.3) is 0 Å². The number of hydrogen-bond donors (Lipinski definition) is 2. The third-order valence-electron chi connectivity index (χ3n) is 3.86. The third-order valence-corrected chi connectivity index (χ3v) is 3.86. The number of hydrogen-bond acceptors (Lipinski definition) is 4. The van der Waals surface area contributed by atoms with Crippen LogP contribution in [0.3, 0.4) is 0 Å². The maximum Gasteiger partial charge on any atom is 0.133 e. The van der Waals surface area contributed by atoms with E-state index in [-0.39, 0.29) is 6.61 Å². The molecule has 0 saturated heterocycles. The van der Waals surface area contributed by atoms with E-state index in [2.05, 4.69) is 35.1 Å². The number of aliphatic hydroxyl groups excluding tert-OH is 1. The normalized spacial score (nSPS) is 15.4. The summed E-state index contributed by atoms with van der Waals surface area (Å²) in [5, 5.41) is 12.8. The standard InChI is InChI=1S/C16H27N3O/c1-13(2)11-17-12-14-5-4-8-18-16(14)19(9-10-20)15-6-3-7-15/h4-5,8,13,15,17,20H,3,6-7,9-12H2,1-2H3. The molecule has 0 radical (unpaired) electrons. The van der Waals surface area contributed by atoms with Gasteiger partial charge in [-0.05, 0) is 37.8 Å². The molecule has 1 aromatic heterocycles. The van der Waals surface area contributed by atoms with Gasteiger partial charge in [-0.1, -0.05) is 19.9 Å². The molecule has 2 N–H and O–H groups in total. The lowest BCUT2D eigenvalue weighted by atomic mass is 9.91. The fourth-order valence-electron chi connectivity index (χ4n) is 2.59. The highest BCUT2D eigenvalue weighted by atomic mass is 16.3. The Morgan fingerprint density at radius 2 is 2.25 bits per heavy atom. The molecule has 1 aliphatic carbocycles. The van der Waals surface area contributed by atoms with Gasteiger partial charge in [0.1, 0.15) is 5.82 Å². The van der Waals surface area contributed by atoms with Gasteiger partial charge in [-0.15, -0.1) is 0 Å². The smallest absolute Gasteiger partial charge is 0.133 e. The second-order valence-electron chi connectivity index (χ2n) is 6.01. The molecular formula is C16H27N3O. The summed E-state index contributed by atoms with van der Waals surface area (Å²) in [7, 11) is 0. The van der Waals surface area contributed by atoms with Crippen molar-refractivity contribution in [2.75, 3.05) is 24.6 Å². The van der Waals surface area contributed by atoms with Crippen molar-refractivity contribution in [2.24, 2.45) is 5.92 Å². The first-order valence-electron chi connectivity index (χ1n) is 7.74. The molecule has 0 aromatic carbocycles. The second-order valence-corrected chi connectivity index (χ2v) is 6.01. The number of nitrogens with one attached hydrogen (secondary N) is 1. The van der Waals surface area contributed by atoms with E-state index in [0.29, 0.717) is 18.5 Å². The van der Waals surface area contributed by atoms with Crippen molar-refractivity contribution in [3.63, 3.8) is 0 Å². The quantitative estimate of drug-likeness (QED) is 0.764. The highest BCUT2D eigenvalue weighted by Gasteiger charge is 2.26. The van der Waals surface area contributed by atoms with Crippen molar-refractivity contribution in [2.45, 2.75) is 45.7 Å². The van der Waals surface area contributed by atoms with E-state index in [9.17, 15) is 5.11 Å². The van der Waals surface area contributed by atoms with Gasteiger partial charge in [-0.2, -0.15) is 0 Å². The molecule has 0 bridgehead atoms. The lowest BCUT2D eigenvalue weighted by molar-refractivity contribution is 0.282. The van der Waals surface area contributed by atoms with E-state index in [1.807, 2.05) is 12.3 Å². The van der Waals surface area contributed by atoms with Gasteiger partial charge in [0.2, 0.25) is 0 Å². The fourth-order valence-corrected chi connectivity index (χ4v) is 2.59. The molecule has 4 nitrogen and oxygen atoms in total. The van der Waals surface area contributed by atoms with Gasteiger partial charge in [0.15, 0.2) is 0 Å². The largest absolute Gasteiger partial charge is 0.395 e. The Hall–Kier alpha value is -1.13. The molecule has 1 saturated carbocycles. The van der Waals surface area contributed by atoms with Crippen LogP contribution in [0, 0.1) is 5.92 Å². The minimum absolute atomic E-state index is 0.186. The number of pyridine rings is 1. The molecule has 1 fully saturated rings. The Morgan fingerprint density at radius 3 is 2.85 bits per heavy atom. The van der Waals surface area contributed by atoms with Crippen molar-refractivity contribution in [3.05, 3.63) is 23.9 Å². The van der Waals surface area contributed by atoms with Crippen LogP contribution >= 0.6 is 0 Å². The summed E-state index contributed by atoms with van der Waals surface area (Å²) < 4.78 is 0. The van der Waals surface area contributed by atoms with Gasteiger partial charge in [0, 0.05) is 30.9 Å². The average molecular weight is 277 g/mol. The number of nitrogens with zero attached hydrogens (tertiary/aromatic N) is 2. The minimum atomic E-state index is 0.186. The summed E-state index contributed by atoms with van der Waals surface area (Å²) in [5.41, 5.74) is 1.23. The molecule has 1 heterocycles. The van der Waals surface area contributed by atoms with Crippen LogP contribution in [0.15, 0.2) is 18.3 Å². The second kappa shape index (κ2) is 7.60. The van der Waals surface area contributed by atoms with Gasteiger partial charge in [-0.25, -0.2) is 4.98 Å². The van der Waals surface area contributed by atoms with E-state index in [1.54, 1.807) is 0 Å². The molecule has 112 valence electrons. The van der Waals surface area contributed by atoms with Crippen LogP contribution in [-0.2, 0) is 6.54 Å². The van der Waals surface area contributed by atoms with Gasteiger partial charge in [-0.3, -0.25) is 0 Å². The van der Waals surface area contributed by atoms with E-state index >= 15 is 0 Å². The highest BCUT2D eigenvalue weighted by Crippen LogP contribution is 2.30. The predicted octanol–water partition coefficient (Wildman–Crippen LogP) is 2.18. The fraction of sp³-hybridized carbons (Fsp3) is 0.688. The number of aliphatic hydroxyl groups is 1. The van der Waals surface area contributed by atoms with Crippen molar-refractivity contribution < 1.29 is 5.11 Å². The summed E-state index contributed by atoms with van der Waals surface area (Å²) in [6, 6.07) is 4.69. The number of anilines is 1. The summed E-state index contributed by atoms with van der Waals surface area (Å²) >= 11 is 0. The van der Waals surface area contributed by atoms with Gasteiger partial charge in [0.25, 0.3) is 0 Å². The summed E-state index contributed by atoms with van der Waals surface area (Å²) in [5.74, 6) is 1.69. The van der Waals surface area contributed by atoms with Crippen molar-refractivity contribution in [3.8, 4) is 0 Å². The molecule has 20 heavy (non-hydrogen) atoms. The van der Waals surface area contributed by atoms with Gasteiger partial charge < -0.3 is 15.3 Å². The molecule has 0 atom stereocenters. The zero-order chi connectivity index (χ0) is 14.4. The topological polar surface area (TPSA) is 48.4 Å². The average Bonchev–Trinajstić information content (AvgIpc) is 2.36. The van der Waals surface area contributed by atoms with Crippen LogP contribution in [0.4, 0.5) is 5.82 Å². The van der Waals surface area contributed by atoms with Gasteiger partial charge >= 0.3 is 0 Å². The third kappa shape index (κ3) is 3.93. The zero-order valence-corrected chi connectivity index (χ0v) is 12.7. The molecule has 0 unspecified atom stereocenters. The summed E-state index contributed by atoms with van der Waals surface area (Å²) in [6.07, 6.45) is 5.58. The van der Waals surface area contributed by atoms with Gasteiger partial charge in [0.05, 0.1) is 6.61 Å².